The van der Waals surface area contributed by atoms with Crippen LogP contribution in [0.3, 0.4) is 0 Å². The third-order valence-electron chi connectivity index (χ3n) is 3.56. The van der Waals surface area contributed by atoms with Crippen molar-refractivity contribution < 1.29 is 18.5 Å². The average molecular weight is 343 g/mol. The molecule has 1 aromatic heterocycles. The van der Waals surface area contributed by atoms with Crippen LogP contribution in [0.5, 0.6) is 0 Å². The van der Waals surface area contributed by atoms with Crippen LogP contribution in [0.1, 0.15) is 22.7 Å². The summed E-state index contributed by atoms with van der Waals surface area (Å²) < 4.78 is 27.2. The van der Waals surface area contributed by atoms with Gasteiger partial charge in [-0.05, 0) is 30.4 Å². The number of nitro groups is 1. The molecule has 3 rings (SSSR count). The van der Waals surface area contributed by atoms with Gasteiger partial charge >= 0.3 is 6.55 Å². The van der Waals surface area contributed by atoms with Crippen molar-refractivity contribution in [1.82, 2.24) is 9.55 Å². The number of nitro benzene ring substituents is 1. The second kappa shape index (κ2) is 6.60. The zero-order valence-electron chi connectivity index (χ0n) is 12.7. The van der Waals surface area contributed by atoms with Crippen LogP contribution in [-0.2, 0) is 0 Å². The molecule has 0 N–H and O–H groups in total. The Bertz CT molecular complexity index is 996. The van der Waals surface area contributed by atoms with E-state index in [-0.39, 0.29) is 22.3 Å². The highest BCUT2D eigenvalue weighted by atomic mass is 19.3. The van der Waals surface area contributed by atoms with Gasteiger partial charge in [-0.2, -0.15) is 8.78 Å². The fraction of sp³-hybridized carbons (Fsp3) is 0.0588. The van der Waals surface area contributed by atoms with Crippen LogP contribution >= 0.6 is 0 Å². The molecule has 0 aliphatic rings. The van der Waals surface area contributed by atoms with Crippen molar-refractivity contribution >= 4 is 28.6 Å². The number of allylic oxidation sites excluding steroid dienone is 1. The summed E-state index contributed by atoms with van der Waals surface area (Å²) in [7, 11) is 0. The molecule has 0 aliphatic carbocycles. The number of halogens is 2. The van der Waals surface area contributed by atoms with E-state index < -0.39 is 23.1 Å². The van der Waals surface area contributed by atoms with Crippen molar-refractivity contribution in [1.29, 1.82) is 0 Å². The molecule has 0 radical (unpaired) electrons. The first kappa shape index (κ1) is 16.4. The van der Waals surface area contributed by atoms with Crippen LogP contribution in [0, 0.1) is 10.1 Å². The number of ketones is 1. The largest absolute Gasteiger partial charge is 0.320 e. The van der Waals surface area contributed by atoms with E-state index >= 15 is 0 Å². The van der Waals surface area contributed by atoms with Gasteiger partial charge in [-0.25, -0.2) is 4.98 Å². The molecule has 0 saturated carbocycles. The summed E-state index contributed by atoms with van der Waals surface area (Å²) >= 11 is 0. The molecule has 1 heterocycles. The van der Waals surface area contributed by atoms with Gasteiger partial charge in [0, 0.05) is 6.07 Å². The highest BCUT2D eigenvalue weighted by Crippen LogP contribution is 2.24. The summed E-state index contributed by atoms with van der Waals surface area (Å²) in [5, 5.41) is 11.0. The summed E-state index contributed by atoms with van der Waals surface area (Å²) in [6, 6.07) is 12.0. The van der Waals surface area contributed by atoms with E-state index in [1.165, 1.54) is 36.4 Å². The van der Waals surface area contributed by atoms with Gasteiger partial charge in [-0.3, -0.25) is 19.5 Å². The molecule has 8 heteroatoms. The molecule has 6 nitrogen and oxygen atoms in total. The van der Waals surface area contributed by atoms with Gasteiger partial charge in [0.05, 0.1) is 21.5 Å². The molecule has 0 amide bonds. The van der Waals surface area contributed by atoms with E-state index in [1.807, 2.05) is 0 Å². The number of carbonyl (C=O) groups is 1. The number of para-hydroxylation sites is 3. The van der Waals surface area contributed by atoms with Gasteiger partial charge in [0.1, 0.15) is 0 Å². The van der Waals surface area contributed by atoms with E-state index in [0.717, 1.165) is 6.08 Å². The van der Waals surface area contributed by atoms with E-state index in [1.54, 1.807) is 18.2 Å². The number of carbonyl (C=O) groups excluding carboxylic acids is 1. The van der Waals surface area contributed by atoms with Crippen LogP contribution in [0.15, 0.2) is 54.6 Å². The summed E-state index contributed by atoms with van der Waals surface area (Å²) in [6.07, 6.45) is 2.22. The molecule has 0 unspecified atom stereocenters. The second-order valence-electron chi connectivity index (χ2n) is 5.09. The molecule has 0 spiro atoms. The Labute approximate surface area is 140 Å². The van der Waals surface area contributed by atoms with Crippen LogP contribution in [0.2, 0.25) is 0 Å². The third-order valence-corrected chi connectivity index (χ3v) is 3.56. The smallest absolute Gasteiger partial charge is 0.286 e. The Hall–Kier alpha value is -3.42. The van der Waals surface area contributed by atoms with Crippen molar-refractivity contribution in [2.45, 2.75) is 6.55 Å². The Morgan fingerprint density at radius 1 is 1.16 bits per heavy atom. The number of benzene rings is 2. The number of hydrogen-bond donors (Lipinski definition) is 0. The van der Waals surface area contributed by atoms with Crippen molar-refractivity contribution in [2.75, 3.05) is 0 Å². The van der Waals surface area contributed by atoms with Crippen LogP contribution in [0.25, 0.3) is 17.1 Å². The number of nitrogens with zero attached hydrogens (tertiary/aromatic N) is 3. The Morgan fingerprint density at radius 2 is 1.84 bits per heavy atom. The minimum absolute atomic E-state index is 0.139. The first-order valence-electron chi connectivity index (χ1n) is 7.20. The fourth-order valence-electron chi connectivity index (χ4n) is 2.45. The highest BCUT2D eigenvalue weighted by Gasteiger charge is 2.21. The lowest BCUT2D eigenvalue weighted by atomic mass is 10.1. The Balaban J connectivity index is 2.01. The van der Waals surface area contributed by atoms with Crippen LogP contribution in [0.4, 0.5) is 14.5 Å². The highest BCUT2D eigenvalue weighted by molar-refractivity contribution is 6.06. The third kappa shape index (κ3) is 3.14. The summed E-state index contributed by atoms with van der Waals surface area (Å²) in [5.74, 6) is -1.19. The summed E-state index contributed by atoms with van der Waals surface area (Å²) in [4.78, 5) is 26.7. The zero-order chi connectivity index (χ0) is 18.0. The molecule has 25 heavy (non-hydrogen) atoms. The maximum Gasteiger partial charge on any atom is 0.320 e. The minimum atomic E-state index is -2.94. The molecule has 126 valence electrons. The van der Waals surface area contributed by atoms with Gasteiger partial charge in [-0.1, -0.05) is 24.3 Å². The van der Waals surface area contributed by atoms with Crippen molar-refractivity contribution in [3.05, 3.63) is 76.1 Å². The Morgan fingerprint density at radius 3 is 2.56 bits per heavy atom. The summed E-state index contributed by atoms with van der Waals surface area (Å²) in [5.41, 5.74) is 0.416. The van der Waals surface area contributed by atoms with Gasteiger partial charge < -0.3 is 0 Å². The lowest BCUT2D eigenvalue weighted by Crippen LogP contribution is -2.09. The molecular formula is C17H11F2N3O3. The standard InChI is InChI=1S/C17H11F2N3O3/c18-17(19)21-14-8-4-2-6-12(14)20-16(21)15(23)10-9-11-5-1-3-7-13(11)22(24)25/h1-10,17H. The van der Waals surface area contributed by atoms with Gasteiger partial charge in [0.15, 0.2) is 5.82 Å². The fourth-order valence-corrected chi connectivity index (χ4v) is 2.45. The van der Waals surface area contributed by atoms with Crippen molar-refractivity contribution in [2.24, 2.45) is 0 Å². The molecule has 0 fully saturated rings. The lowest BCUT2D eigenvalue weighted by Gasteiger charge is -2.05. The second-order valence-corrected chi connectivity index (χ2v) is 5.09. The van der Waals surface area contributed by atoms with Gasteiger partial charge in [-0.15, -0.1) is 0 Å². The number of aromatic nitrogens is 2. The monoisotopic (exact) mass is 343 g/mol. The van der Waals surface area contributed by atoms with Crippen molar-refractivity contribution in [3.8, 4) is 0 Å². The average Bonchev–Trinajstić information content (AvgIpc) is 2.99. The molecular weight excluding hydrogens is 332 g/mol. The zero-order valence-corrected chi connectivity index (χ0v) is 12.7. The molecule has 3 aromatic rings. The molecule has 0 saturated heterocycles. The lowest BCUT2D eigenvalue weighted by molar-refractivity contribution is -0.385. The minimum Gasteiger partial charge on any atom is -0.286 e. The first-order chi connectivity index (χ1) is 12.0. The maximum absolute atomic E-state index is 13.3. The Kier molecular flexibility index (Phi) is 4.34. The van der Waals surface area contributed by atoms with Crippen LogP contribution in [-0.4, -0.2) is 20.3 Å². The van der Waals surface area contributed by atoms with Crippen molar-refractivity contribution in [3.63, 3.8) is 0 Å². The number of imidazole rings is 1. The van der Waals surface area contributed by atoms with E-state index in [4.69, 9.17) is 0 Å². The number of alkyl halides is 2. The van der Waals surface area contributed by atoms with Crippen LogP contribution < -0.4 is 0 Å². The first-order valence-corrected chi connectivity index (χ1v) is 7.20. The normalized spacial score (nSPS) is 11.5. The van der Waals surface area contributed by atoms with E-state index in [2.05, 4.69) is 4.98 Å². The van der Waals surface area contributed by atoms with Gasteiger partial charge in [0.2, 0.25) is 5.78 Å². The van der Waals surface area contributed by atoms with E-state index in [9.17, 15) is 23.7 Å². The number of hydrogen-bond acceptors (Lipinski definition) is 4. The quantitative estimate of drug-likeness (QED) is 0.300. The predicted molar refractivity (Wildman–Crippen MR) is 87.4 cm³/mol. The molecule has 0 atom stereocenters. The molecule has 0 aliphatic heterocycles. The van der Waals surface area contributed by atoms with E-state index in [0.29, 0.717) is 4.57 Å². The summed E-state index contributed by atoms with van der Waals surface area (Å²) in [6.45, 7) is -2.94. The van der Waals surface area contributed by atoms with Gasteiger partial charge in [0.25, 0.3) is 5.69 Å². The number of rotatable bonds is 5. The topological polar surface area (TPSA) is 78.0 Å². The number of fused-ring (bicyclic) bond motifs is 1. The maximum atomic E-state index is 13.3. The molecule has 0 bridgehead atoms. The molecule has 2 aromatic carbocycles. The predicted octanol–water partition coefficient (Wildman–Crippen LogP) is 4.24. The SMILES string of the molecule is O=C(C=Cc1ccccc1[N+](=O)[O-])c1nc2ccccc2n1C(F)F.